The van der Waals surface area contributed by atoms with Gasteiger partial charge in [-0.2, -0.15) is 0 Å². The van der Waals surface area contributed by atoms with E-state index < -0.39 is 28.5 Å². The van der Waals surface area contributed by atoms with Gasteiger partial charge in [0.2, 0.25) is 11.8 Å². The summed E-state index contributed by atoms with van der Waals surface area (Å²) in [5.74, 6) is -0.932. The highest BCUT2D eigenvalue weighted by molar-refractivity contribution is 7.92. The lowest BCUT2D eigenvalue weighted by Gasteiger charge is -2.34. The number of halogens is 2. The zero-order valence-electron chi connectivity index (χ0n) is 24.8. The third kappa shape index (κ3) is 8.20. The Balaban J connectivity index is 1.82. The van der Waals surface area contributed by atoms with Crippen LogP contribution in [0.1, 0.15) is 29.2 Å². The van der Waals surface area contributed by atoms with E-state index in [1.807, 2.05) is 50.2 Å². The van der Waals surface area contributed by atoms with Crippen LogP contribution in [-0.4, -0.2) is 44.3 Å². The predicted octanol–water partition coefficient (Wildman–Crippen LogP) is 6.58. The molecule has 44 heavy (non-hydrogen) atoms. The van der Waals surface area contributed by atoms with Gasteiger partial charge in [0.15, 0.2) is 0 Å². The van der Waals surface area contributed by atoms with Gasteiger partial charge in [-0.25, -0.2) is 8.42 Å². The molecular weight excluding hydrogens is 617 g/mol. The van der Waals surface area contributed by atoms with Gasteiger partial charge in [0.25, 0.3) is 10.0 Å². The number of nitrogens with one attached hydrogen (secondary N) is 1. The average Bonchev–Trinajstić information content (AvgIpc) is 2.99. The minimum atomic E-state index is -4.18. The molecule has 1 atom stereocenters. The molecule has 0 unspecified atom stereocenters. The Labute approximate surface area is 269 Å². The van der Waals surface area contributed by atoms with Gasteiger partial charge in [-0.3, -0.25) is 13.9 Å². The first-order chi connectivity index (χ1) is 21.0. The maximum Gasteiger partial charge on any atom is 0.264 e. The van der Waals surface area contributed by atoms with Crippen molar-refractivity contribution in [1.29, 1.82) is 0 Å². The van der Waals surface area contributed by atoms with Gasteiger partial charge >= 0.3 is 0 Å². The number of benzene rings is 4. The van der Waals surface area contributed by atoms with E-state index in [0.717, 1.165) is 21.0 Å². The van der Waals surface area contributed by atoms with Crippen LogP contribution in [0.3, 0.4) is 0 Å². The van der Waals surface area contributed by atoms with Gasteiger partial charge in [-0.15, -0.1) is 0 Å². The summed E-state index contributed by atoms with van der Waals surface area (Å²) in [6.07, 6.45) is 0.207. The molecule has 0 radical (unpaired) electrons. The van der Waals surface area contributed by atoms with Crippen molar-refractivity contribution in [2.75, 3.05) is 17.4 Å². The Morgan fingerprint density at radius 2 is 1.55 bits per heavy atom. The zero-order valence-corrected chi connectivity index (χ0v) is 27.2. The lowest BCUT2D eigenvalue weighted by atomic mass is 10.0. The molecule has 7 nitrogen and oxygen atoms in total. The number of likely N-dealkylation sites (N-methyl/N-ethyl adjacent to an activating group) is 1. The molecule has 4 aromatic carbocycles. The number of aryl methyl sites for hydroxylation is 2. The molecule has 1 N–H and O–H groups in total. The van der Waals surface area contributed by atoms with Crippen molar-refractivity contribution < 1.29 is 18.0 Å². The monoisotopic (exact) mass is 651 g/mol. The molecule has 10 heteroatoms. The molecule has 2 amide bonds. The molecule has 4 aromatic rings. The Kier molecular flexibility index (Phi) is 11.1. The Morgan fingerprint density at radius 3 is 2.18 bits per heavy atom. The minimum Gasteiger partial charge on any atom is -0.355 e. The van der Waals surface area contributed by atoms with Crippen molar-refractivity contribution in [3.8, 4) is 0 Å². The van der Waals surface area contributed by atoms with E-state index >= 15 is 0 Å². The number of sulfonamides is 1. The van der Waals surface area contributed by atoms with Gasteiger partial charge in [0.05, 0.1) is 10.6 Å². The quantitative estimate of drug-likeness (QED) is 0.187. The van der Waals surface area contributed by atoms with Crippen LogP contribution in [0.4, 0.5) is 5.69 Å². The summed E-state index contributed by atoms with van der Waals surface area (Å²) in [6, 6.07) is 26.7. The maximum absolute atomic E-state index is 14.4. The highest BCUT2D eigenvalue weighted by atomic mass is 35.5. The number of hydrogen-bond acceptors (Lipinski definition) is 4. The topological polar surface area (TPSA) is 86.8 Å². The molecule has 0 aliphatic rings. The predicted molar refractivity (Wildman–Crippen MR) is 177 cm³/mol. The van der Waals surface area contributed by atoms with E-state index in [2.05, 4.69) is 5.32 Å². The minimum absolute atomic E-state index is 0.0459. The van der Waals surface area contributed by atoms with Crippen LogP contribution in [0.2, 0.25) is 10.0 Å². The summed E-state index contributed by atoms with van der Waals surface area (Å²) >= 11 is 12.7. The van der Waals surface area contributed by atoms with Crippen molar-refractivity contribution in [2.24, 2.45) is 0 Å². The fraction of sp³-hybridized carbons (Fsp3) is 0.235. The number of nitrogens with zero attached hydrogens (tertiary/aromatic N) is 2. The Morgan fingerprint density at radius 1 is 0.841 bits per heavy atom. The number of hydrogen-bond donors (Lipinski definition) is 1. The van der Waals surface area contributed by atoms with Crippen molar-refractivity contribution in [1.82, 2.24) is 10.2 Å². The lowest BCUT2D eigenvalue weighted by molar-refractivity contribution is -0.140. The van der Waals surface area contributed by atoms with Gasteiger partial charge in [0.1, 0.15) is 12.6 Å². The smallest absolute Gasteiger partial charge is 0.264 e. The van der Waals surface area contributed by atoms with Crippen molar-refractivity contribution in [2.45, 2.75) is 44.7 Å². The van der Waals surface area contributed by atoms with Crippen LogP contribution in [0.25, 0.3) is 0 Å². The Bertz CT molecular complexity index is 1710. The molecule has 0 aliphatic heterocycles. The molecule has 0 fully saturated rings. The molecule has 0 spiro atoms. The van der Waals surface area contributed by atoms with E-state index in [1.54, 1.807) is 55.5 Å². The van der Waals surface area contributed by atoms with Gasteiger partial charge in [-0.1, -0.05) is 89.4 Å². The van der Waals surface area contributed by atoms with E-state index in [9.17, 15) is 18.0 Å². The summed E-state index contributed by atoms with van der Waals surface area (Å²) in [4.78, 5) is 29.5. The summed E-state index contributed by atoms with van der Waals surface area (Å²) in [5, 5.41) is 3.60. The number of carbonyl (C=O) groups excluding carboxylic acids is 2. The zero-order chi connectivity index (χ0) is 31.9. The molecule has 0 saturated heterocycles. The van der Waals surface area contributed by atoms with Crippen molar-refractivity contribution in [3.05, 3.63) is 129 Å². The second kappa shape index (κ2) is 14.8. The molecule has 230 valence electrons. The Hall–Kier alpha value is -3.85. The molecular formula is C34H35Cl2N3O4S. The summed E-state index contributed by atoms with van der Waals surface area (Å²) < 4.78 is 29.3. The first-order valence-corrected chi connectivity index (χ1v) is 16.4. The van der Waals surface area contributed by atoms with Gasteiger partial charge in [0, 0.05) is 29.6 Å². The number of rotatable bonds is 12. The van der Waals surface area contributed by atoms with Crippen LogP contribution in [0.5, 0.6) is 0 Å². The molecule has 0 aromatic heterocycles. The number of carbonyl (C=O) groups is 2. The van der Waals surface area contributed by atoms with Crippen molar-refractivity contribution in [3.63, 3.8) is 0 Å². The van der Waals surface area contributed by atoms with Crippen LogP contribution >= 0.6 is 23.2 Å². The lowest BCUT2D eigenvalue weighted by Crippen LogP contribution is -2.53. The summed E-state index contributed by atoms with van der Waals surface area (Å²) in [6.45, 7) is 5.28. The van der Waals surface area contributed by atoms with Crippen molar-refractivity contribution >= 4 is 50.7 Å². The van der Waals surface area contributed by atoms with E-state index in [-0.39, 0.29) is 23.8 Å². The first-order valence-electron chi connectivity index (χ1n) is 14.2. The van der Waals surface area contributed by atoms with Crippen LogP contribution in [-0.2, 0) is 32.6 Å². The van der Waals surface area contributed by atoms with E-state index in [4.69, 9.17) is 23.2 Å². The SMILES string of the molecule is CCNC(=O)[C@@H](Cc1ccccc1)N(Cc1ccc(Cl)cc1Cl)C(=O)CN(c1cccc(C)c1)S(=O)(=O)c1ccc(C)cc1. The third-order valence-corrected chi connectivity index (χ3v) is 9.53. The fourth-order valence-electron chi connectivity index (χ4n) is 4.83. The number of anilines is 1. The van der Waals surface area contributed by atoms with Gasteiger partial charge < -0.3 is 10.2 Å². The van der Waals surface area contributed by atoms with Crippen LogP contribution in [0, 0.1) is 13.8 Å². The third-order valence-electron chi connectivity index (χ3n) is 7.16. The summed E-state index contributed by atoms with van der Waals surface area (Å²) in [5.41, 5.74) is 3.47. The molecule has 0 saturated carbocycles. The highest BCUT2D eigenvalue weighted by Gasteiger charge is 2.34. The maximum atomic E-state index is 14.4. The number of amides is 2. The molecule has 0 aliphatic carbocycles. The summed E-state index contributed by atoms with van der Waals surface area (Å²) in [7, 11) is -4.18. The fourth-order valence-corrected chi connectivity index (χ4v) is 6.70. The van der Waals surface area contributed by atoms with E-state index in [0.29, 0.717) is 27.8 Å². The molecule has 4 rings (SSSR count). The second-order valence-electron chi connectivity index (χ2n) is 10.5. The van der Waals surface area contributed by atoms with Crippen LogP contribution in [0.15, 0.2) is 102 Å². The average molecular weight is 653 g/mol. The standard InChI is InChI=1S/C34H35Cl2N3O4S/c1-4-37-34(41)32(20-26-10-6-5-7-11-26)38(22-27-15-16-28(35)21-31(27)36)33(40)23-39(29-12-8-9-25(3)19-29)44(42,43)30-17-13-24(2)14-18-30/h5-19,21,32H,4,20,22-23H2,1-3H3,(H,37,41)/t32-/m1/s1. The molecule has 0 heterocycles. The normalized spacial score (nSPS) is 11.9. The first kappa shape index (κ1) is 33.1. The largest absolute Gasteiger partial charge is 0.355 e. The highest BCUT2D eigenvalue weighted by Crippen LogP contribution is 2.28. The van der Waals surface area contributed by atoms with Gasteiger partial charge in [-0.05, 0) is 73.9 Å². The van der Waals surface area contributed by atoms with E-state index in [1.165, 1.54) is 17.0 Å². The second-order valence-corrected chi connectivity index (χ2v) is 13.2. The van der Waals surface area contributed by atoms with Crippen LogP contribution < -0.4 is 9.62 Å². The molecule has 0 bridgehead atoms.